The molecule has 1 heterocycles. The van der Waals surface area contributed by atoms with Crippen molar-refractivity contribution in [2.75, 3.05) is 50.2 Å². The molecule has 0 radical (unpaired) electrons. The number of rotatable bonds is 9. The van der Waals surface area contributed by atoms with Crippen molar-refractivity contribution in [3.05, 3.63) is 10.8 Å². The van der Waals surface area contributed by atoms with Gasteiger partial charge in [-0.2, -0.15) is 0 Å². The maximum absolute atomic E-state index is 9.14. The van der Waals surface area contributed by atoms with E-state index in [-0.39, 0.29) is 6.61 Å². The molecule has 6 nitrogen and oxygen atoms in total. The first-order valence-electron chi connectivity index (χ1n) is 6.33. The summed E-state index contributed by atoms with van der Waals surface area (Å²) in [5.74, 6) is 1.53. The van der Waals surface area contributed by atoms with E-state index in [1.165, 1.54) is 6.33 Å². The first-order valence-corrected chi connectivity index (χ1v) is 7.13. The molecule has 108 valence electrons. The van der Waals surface area contributed by atoms with Gasteiger partial charge in [-0.05, 0) is 22.4 Å². The summed E-state index contributed by atoms with van der Waals surface area (Å²) in [5, 5.41) is 12.4. The third kappa shape index (κ3) is 4.93. The Morgan fingerprint density at radius 1 is 1.42 bits per heavy atom. The van der Waals surface area contributed by atoms with Crippen molar-refractivity contribution in [3.8, 4) is 0 Å². The summed E-state index contributed by atoms with van der Waals surface area (Å²) in [5.41, 5.74) is 0. The van der Waals surface area contributed by atoms with Gasteiger partial charge in [0.05, 0.1) is 13.2 Å². The number of anilines is 2. The van der Waals surface area contributed by atoms with Crippen LogP contribution in [0.25, 0.3) is 0 Å². The largest absolute Gasteiger partial charge is 0.395 e. The summed E-state index contributed by atoms with van der Waals surface area (Å²) in [6, 6.07) is 0. The summed E-state index contributed by atoms with van der Waals surface area (Å²) in [4.78, 5) is 10.5. The molecular formula is C12H21BrN4O2. The van der Waals surface area contributed by atoms with Gasteiger partial charge in [-0.25, -0.2) is 9.97 Å². The number of hydrogen-bond donors (Lipinski definition) is 2. The third-order valence-electron chi connectivity index (χ3n) is 2.55. The monoisotopic (exact) mass is 332 g/mol. The molecule has 0 atom stereocenters. The smallest absolute Gasteiger partial charge is 0.148 e. The molecular weight excluding hydrogens is 312 g/mol. The molecule has 0 fully saturated rings. The molecule has 0 aromatic carbocycles. The van der Waals surface area contributed by atoms with Gasteiger partial charge in [0.1, 0.15) is 22.4 Å². The molecule has 0 saturated heterocycles. The van der Waals surface area contributed by atoms with E-state index in [4.69, 9.17) is 9.84 Å². The molecule has 7 heteroatoms. The zero-order valence-corrected chi connectivity index (χ0v) is 13.0. The Hall–Kier alpha value is -0.920. The fraction of sp³-hybridized carbons (Fsp3) is 0.667. The summed E-state index contributed by atoms with van der Waals surface area (Å²) >= 11 is 3.52. The Bertz CT molecular complexity index is 379. The zero-order chi connectivity index (χ0) is 14.1. The van der Waals surface area contributed by atoms with Crippen molar-refractivity contribution in [1.29, 1.82) is 0 Å². The predicted molar refractivity (Wildman–Crippen MR) is 79.7 cm³/mol. The van der Waals surface area contributed by atoms with Crippen LogP contribution in [0.5, 0.6) is 0 Å². The zero-order valence-electron chi connectivity index (χ0n) is 11.4. The molecule has 0 bridgehead atoms. The van der Waals surface area contributed by atoms with Crippen LogP contribution >= 0.6 is 15.9 Å². The van der Waals surface area contributed by atoms with Gasteiger partial charge in [-0.1, -0.05) is 6.92 Å². The Kier molecular flexibility index (Phi) is 7.69. The highest BCUT2D eigenvalue weighted by atomic mass is 79.9. The molecule has 0 unspecified atom stereocenters. The van der Waals surface area contributed by atoms with Crippen molar-refractivity contribution < 1.29 is 9.84 Å². The molecule has 0 saturated carbocycles. The van der Waals surface area contributed by atoms with Gasteiger partial charge >= 0.3 is 0 Å². The normalized spacial score (nSPS) is 10.5. The maximum atomic E-state index is 9.14. The van der Waals surface area contributed by atoms with Crippen LogP contribution in [0.1, 0.15) is 13.3 Å². The topological polar surface area (TPSA) is 70.5 Å². The van der Waals surface area contributed by atoms with Gasteiger partial charge in [0.25, 0.3) is 0 Å². The van der Waals surface area contributed by atoms with E-state index in [9.17, 15) is 0 Å². The second-order valence-corrected chi connectivity index (χ2v) is 4.78. The van der Waals surface area contributed by atoms with E-state index in [0.29, 0.717) is 19.7 Å². The van der Waals surface area contributed by atoms with Gasteiger partial charge in [-0.15, -0.1) is 0 Å². The third-order valence-corrected chi connectivity index (χ3v) is 3.28. The number of aliphatic hydroxyl groups is 1. The Balaban J connectivity index is 2.88. The van der Waals surface area contributed by atoms with Gasteiger partial charge in [0, 0.05) is 26.7 Å². The number of aromatic nitrogens is 2. The van der Waals surface area contributed by atoms with Crippen molar-refractivity contribution in [2.45, 2.75) is 13.3 Å². The average Bonchev–Trinajstić information content (AvgIpc) is 2.42. The van der Waals surface area contributed by atoms with Gasteiger partial charge in [0.2, 0.25) is 0 Å². The Labute approximate surface area is 122 Å². The minimum Gasteiger partial charge on any atom is -0.395 e. The van der Waals surface area contributed by atoms with E-state index >= 15 is 0 Å². The molecule has 0 aliphatic rings. The van der Waals surface area contributed by atoms with Crippen LogP contribution in [0, 0.1) is 0 Å². The average molecular weight is 333 g/mol. The second-order valence-electron chi connectivity index (χ2n) is 3.99. The molecule has 19 heavy (non-hydrogen) atoms. The number of aliphatic hydroxyl groups excluding tert-OH is 1. The first kappa shape index (κ1) is 16.1. The van der Waals surface area contributed by atoms with Crippen molar-refractivity contribution in [1.82, 2.24) is 9.97 Å². The first-order chi connectivity index (χ1) is 9.24. The fourth-order valence-corrected chi connectivity index (χ4v) is 2.19. The Morgan fingerprint density at radius 2 is 2.21 bits per heavy atom. The number of halogens is 1. The fourth-order valence-electron chi connectivity index (χ4n) is 1.59. The lowest BCUT2D eigenvalue weighted by Gasteiger charge is -2.24. The summed E-state index contributed by atoms with van der Waals surface area (Å²) < 4.78 is 5.89. The second kappa shape index (κ2) is 9.06. The molecule has 2 N–H and O–H groups in total. The van der Waals surface area contributed by atoms with E-state index in [1.54, 1.807) is 7.11 Å². The number of methoxy groups -OCH3 is 1. The van der Waals surface area contributed by atoms with Gasteiger partial charge in [-0.3, -0.25) is 0 Å². The summed E-state index contributed by atoms with van der Waals surface area (Å²) in [6.07, 6.45) is 2.55. The minimum atomic E-state index is 0.0673. The summed E-state index contributed by atoms with van der Waals surface area (Å²) in [7, 11) is 1.65. The number of nitrogens with one attached hydrogen (secondary N) is 1. The predicted octanol–water partition coefficient (Wildman–Crippen LogP) is 1.51. The highest BCUT2D eigenvalue weighted by Crippen LogP contribution is 2.29. The van der Waals surface area contributed by atoms with Crippen LogP contribution in [0.15, 0.2) is 10.8 Å². The van der Waals surface area contributed by atoms with Gasteiger partial charge in [0.15, 0.2) is 0 Å². The summed E-state index contributed by atoms with van der Waals surface area (Å²) in [6.45, 7) is 4.77. The molecule has 0 aliphatic carbocycles. The molecule has 1 aromatic rings. The molecule has 0 spiro atoms. The van der Waals surface area contributed by atoms with Crippen molar-refractivity contribution in [3.63, 3.8) is 0 Å². The van der Waals surface area contributed by atoms with Crippen molar-refractivity contribution >= 4 is 27.6 Å². The molecule has 1 rings (SSSR count). The highest BCUT2D eigenvalue weighted by Gasteiger charge is 2.14. The number of ether oxygens (including phenoxy) is 1. The highest BCUT2D eigenvalue weighted by molar-refractivity contribution is 9.10. The molecule has 0 amide bonds. The molecule has 1 aromatic heterocycles. The van der Waals surface area contributed by atoms with Crippen LogP contribution in [-0.2, 0) is 4.74 Å². The number of hydrogen-bond acceptors (Lipinski definition) is 6. The molecule has 0 aliphatic heterocycles. The van der Waals surface area contributed by atoms with Crippen LogP contribution in [-0.4, -0.2) is 55.0 Å². The Morgan fingerprint density at radius 3 is 2.84 bits per heavy atom. The van der Waals surface area contributed by atoms with E-state index < -0.39 is 0 Å². The number of nitrogens with zero attached hydrogens (tertiary/aromatic N) is 3. The van der Waals surface area contributed by atoms with Crippen molar-refractivity contribution in [2.24, 2.45) is 0 Å². The van der Waals surface area contributed by atoms with Crippen LogP contribution in [0.3, 0.4) is 0 Å². The van der Waals surface area contributed by atoms with Gasteiger partial charge < -0.3 is 20.1 Å². The standard InChI is InChI=1S/C12H21BrN4O2/c1-3-4-14-11-10(13)12(16-9-15-11)17(5-7-18)6-8-19-2/h9,18H,3-8H2,1-2H3,(H,14,15,16). The van der Waals surface area contributed by atoms with E-state index in [2.05, 4.69) is 38.1 Å². The minimum absolute atomic E-state index is 0.0673. The maximum Gasteiger partial charge on any atom is 0.148 e. The van der Waals surface area contributed by atoms with Crippen LogP contribution in [0.4, 0.5) is 11.6 Å². The lowest BCUT2D eigenvalue weighted by Crippen LogP contribution is -2.31. The SMILES string of the molecule is CCCNc1ncnc(N(CCO)CCOC)c1Br. The van der Waals surface area contributed by atoms with Crippen LogP contribution in [0.2, 0.25) is 0 Å². The van der Waals surface area contributed by atoms with E-state index in [0.717, 1.165) is 29.1 Å². The quantitative estimate of drug-likeness (QED) is 0.714. The van der Waals surface area contributed by atoms with E-state index in [1.807, 2.05) is 4.90 Å². The van der Waals surface area contributed by atoms with Crippen LogP contribution < -0.4 is 10.2 Å². The lowest BCUT2D eigenvalue weighted by molar-refractivity contribution is 0.202. The lowest BCUT2D eigenvalue weighted by atomic mass is 10.4.